The number of hydrogen-bond donors (Lipinski definition) is 1. The van der Waals surface area contributed by atoms with E-state index in [0.717, 1.165) is 21.0 Å². The molecule has 0 heterocycles. The molecule has 2 rings (SSSR count). The van der Waals surface area contributed by atoms with E-state index in [9.17, 15) is 8.78 Å². The lowest BCUT2D eigenvalue weighted by molar-refractivity contribution is 0.506. The Morgan fingerprint density at radius 2 is 1.89 bits per heavy atom. The molecule has 0 saturated carbocycles. The fourth-order valence-electron chi connectivity index (χ4n) is 1.64. The van der Waals surface area contributed by atoms with Crippen molar-refractivity contribution in [2.24, 2.45) is 0 Å². The molecule has 0 atom stereocenters. The van der Waals surface area contributed by atoms with Gasteiger partial charge in [-0.15, -0.1) is 0 Å². The second kappa shape index (κ2) is 6.50. The van der Waals surface area contributed by atoms with Crippen molar-refractivity contribution in [2.45, 2.75) is 16.3 Å². The van der Waals surface area contributed by atoms with Crippen molar-refractivity contribution in [1.29, 1.82) is 0 Å². The van der Waals surface area contributed by atoms with Crippen LogP contribution in [-0.4, -0.2) is 7.05 Å². The summed E-state index contributed by atoms with van der Waals surface area (Å²) in [5.74, 6) is -1.65. The Morgan fingerprint density at radius 3 is 2.58 bits per heavy atom. The van der Waals surface area contributed by atoms with E-state index in [0.29, 0.717) is 11.4 Å². The summed E-state index contributed by atoms with van der Waals surface area (Å²) in [5, 5.41) is 3.09. The third kappa shape index (κ3) is 3.78. The minimum atomic E-state index is -0.824. The molecule has 19 heavy (non-hydrogen) atoms. The van der Waals surface area contributed by atoms with Crippen LogP contribution in [0.2, 0.25) is 0 Å². The summed E-state index contributed by atoms with van der Waals surface area (Å²) in [7, 11) is 1.87. The van der Waals surface area contributed by atoms with Crippen molar-refractivity contribution < 1.29 is 8.78 Å². The third-order valence-corrected chi connectivity index (χ3v) is 4.11. The summed E-state index contributed by atoms with van der Waals surface area (Å²) in [6.45, 7) is 0.714. The van der Waals surface area contributed by atoms with Gasteiger partial charge in [-0.3, -0.25) is 0 Å². The first kappa shape index (κ1) is 14.5. The third-order valence-electron chi connectivity index (χ3n) is 2.51. The molecule has 0 bridgehead atoms. The van der Waals surface area contributed by atoms with Gasteiger partial charge in [0, 0.05) is 20.8 Å². The first-order valence-corrected chi connectivity index (χ1v) is 7.27. The average molecular weight is 344 g/mol. The molecule has 5 heteroatoms. The predicted octanol–water partition coefficient (Wildman–Crippen LogP) is 4.60. The fraction of sp³-hybridized carbons (Fsp3) is 0.143. The SMILES string of the molecule is CNCc1cc(Br)ccc1Sc1ccc(F)c(F)c1. The highest BCUT2D eigenvalue weighted by Crippen LogP contribution is 2.32. The highest BCUT2D eigenvalue weighted by Gasteiger charge is 2.07. The Kier molecular flexibility index (Phi) is 4.96. The number of nitrogens with one attached hydrogen (secondary N) is 1. The molecular formula is C14H12BrF2NS. The Balaban J connectivity index is 2.29. The Bertz CT molecular complexity index is 590. The minimum Gasteiger partial charge on any atom is -0.316 e. The van der Waals surface area contributed by atoms with E-state index in [1.54, 1.807) is 6.07 Å². The van der Waals surface area contributed by atoms with E-state index in [2.05, 4.69) is 21.2 Å². The molecule has 0 unspecified atom stereocenters. The van der Waals surface area contributed by atoms with E-state index < -0.39 is 11.6 Å². The van der Waals surface area contributed by atoms with E-state index in [4.69, 9.17) is 0 Å². The summed E-state index contributed by atoms with van der Waals surface area (Å²) in [6, 6.07) is 9.84. The van der Waals surface area contributed by atoms with Crippen LogP contribution in [0.3, 0.4) is 0 Å². The van der Waals surface area contributed by atoms with Crippen molar-refractivity contribution in [3.63, 3.8) is 0 Å². The summed E-state index contributed by atoms with van der Waals surface area (Å²) in [5.41, 5.74) is 1.10. The molecule has 0 aliphatic rings. The molecule has 0 aromatic heterocycles. The Morgan fingerprint density at radius 1 is 1.11 bits per heavy atom. The van der Waals surface area contributed by atoms with E-state index >= 15 is 0 Å². The maximum atomic E-state index is 13.2. The van der Waals surface area contributed by atoms with Gasteiger partial charge in [-0.05, 0) is 49.0 Å². The summed E-state index contributed by atoms with van der Waals surface area (Å²) in [6.07, 6.45) is 0. The van der Waals surface area contributed by atoms with Crippen LogP contribution in [0.15, 0.2) is 50.7 Å². The monoisotopic (exact) mass is 343 g/mol. The maximum Gasteiger partial charge on any atom is 0.159 e. The van der Waals surface area contributed by atoms with Crippen LogP contribution in [-0.2, 0) is 6.54 Å². The molecule has 0 amide bonds. The summed E-state index contributed by atoms with van der Waals surface area (Å²) in [4.78, 5) is 1.70. The van der Waals surface area contributed by atoms with E-state index in [-0.39, 0.29) is 0 Å². The van der Waals surface area contributed by atoms with Crippen LogP contribution in [0, 0.1) is 11.6 Å². The van der Waals surface area contributed by atoms with Crippen LogP contribution < -0.4 is 5.32 Å². The largest absolute Gasteiger partial charge is 0.316 e. The predicted molar refractivity (Wildman–Crippen MR) is 77.4 cm³/mol. The molecule has 0 radical (unpaired) electrons. The number of benzene rings is 2. The van der Waals surface area contributed by atoms with Crippen molar-refractivity contribution in [3.8, 4) is 0 Å². The quantitative estimate of drug-likeness (QED) is 0.870. The Labute approximate surface area is 123 Å². The fourth-order valence-corrected chi connectivity index (χ4v) is 3.00. The van der Waals surface area contributed by atoms with Crippen LogP contribution in [0.25, 0.3) is 0 Å². The lowest BCUT2D eigenvalue weighted by Gasteiger charge is -2.09. The van der Waals surface area contributed by atoms with E-state index in [1.165, 1.54) is 17.8 Å². The van der Waals surface area contributed by atoms with Crippen LogP contribution >= 0.6 is 27.7 Å². The molecule has 0 saturated heterocycles. The smallest absolute Gasteiger partial charge is 0.159 e. The van der Waals surface area contributed by atoms with Crippen LogP contribution in [0.1, 0.15) is 5.56 Å². The highest BCUT2D eigenvalue weighted by atomic mass is 79.9. The highest BCUT2D eigenvalue weighted by molar-refractivity contribution is 9.10. The van der Waals surface area contributed by atoms with Gasteiger partial charge in [-0.2, -0.15) is 0 Å². The van der Waals surface area contributed by atoms with Gasteiger partial charge in [0.2, 0.25) is 0 Å². The topological polar surface area (TPSA) is 12.0 Å². The van der Waals surface area contributed by atoms with E-state index in [1.807, 2.05) is 25.2 Å². The molecular weight excluding hydrogens is 332 g/mol. The molecule has 100 valence electrons. The molecule has 1 nitrogen and oxygen atoms in total. The standard InChI is InChI=1S/C14H12BrF2NS/c1-18-8-9-6-10(15)2-5-14(9)19-11-3-4-12(16)13(17)7-11/h2-7,18H,8H2,1H3. The summed E-state index contributed by atoms with van der Waals surface area (Å²) >= 11 is 4.84. The lowest BCUT2D eigenvalue weighted by Crippen LogP contribution is -2.06. The maximum absolute atomic E-state index is 13.2. The Hall–Kier alpha value is -0.910. The van der Waals surface area contributed by atoms with Crippen molar-refractivity contribution in [1.82, 2.24) is 5.32 Å². The van der Waals surface area contributed by atoms with Crippen molar-refractivity contribution in [2.75, 3.05) is 7.05 Å². The lowest BCUT2D eigenvalue weighted by atomic mass is 10.2. The first-order valence-electron chi connectivity index (χ1n) is 5.66. The van der Waals surface area contributed by atoms with Crippen molar-refractivity contribution in [3.05, 3.63) is 58.1 Å². The van der Waals surface area contributed by atoms with Gasteiger partial charge < -0.3 is 5.32 Å². The molecule has 0 aliphatic heterocycles. The van der Waals surface area contributed by atoms with Gasteiger partial charge in [0.15, 0.2) is 11.6 Å². The normalized spacial score (nSPS) is 10.7. The van der Waals surface area contributed by atoms with Crippen LogP contribution in [0.4, 0.5) is 8.78 Å². The number of hydrogen-bond acceptors (Lipinski definition) is 2. The average Bonchev–Trinajstić information content (AvgIpc) is 2.37. The van der Waals surface area contributed by atoms with Gasteiger partial charge in [-0.1, -0.05) is 27.7 Å². The van der Waals surface area contributed by atoms with Gasteiger partial charge in [0.25, 0.3) is 0 Å². The molecule has 0 spiro atoms. The number of rotatable bonds is 4. The molecule has 0 fully saturated rings. The second-order valence-corrected chi connectivity index (χ2v) is 5.99. The second-order valence-electron chi connectivity index (χ2n) is 3.96. The van der Waals surface area contributed by atoms with Gasteiger partial charge in [-0.25, -0.2) is 8.78 Å². The number of halogens is 3. The van der Waals surface area contributed by atoms with Gasteiger partial charge in [0.1, 0.15) is 0 Å². The molecule has 2 aromatic carbocycles. The summed E-state index contributed by atoms with van der Waals surface area (Å²) < 4.78 is 27.1. The van der Waals surface area contributed by atoms with Crippen LogP contribution in [0.5, 0.6) is 0 Å². The zero-order valence-corrected chi connectivity index (χ0v) is 12.6. The zero-order valence-electron chi connectivity index (χ0n) is 10.2. The minimum absolute atomic E-state index is 0.679. The first-order chi connectivity index (χ1) is 9.10. The molecule has 1 N–H and O–H groups in total. The zero-order chi connectivity index (χ0) is 13.8. The molecule has 0 aliphatic carbocycles. The van der Waals surface area contributed by atoms with Crippen molar-refractivity contribution >= 4 is 27.7 Å². The van der Waals surface area contributed by atoms with Gasteiger partial charge >= 0.3 is 0 Å². The molecule has 2 aromatic rings. The van der Waals surface area contributed by atoms with Gasteiger partial charge in [0.05, 0.1) is 0 Å².